The molecule has 32 heavy (non-hydrogen) atoms. The van der Waals surface area contributed by atoms with Crippen LogP contribution in [0.2, 0.25) is 5.02 Å². The lowest BCUT2D eigenvalue weighted by Crippen LogP contribution is -2.33. The van der Waals surface area contributed by atoms with Gasteiger partial charge in [-0.1, -0.05) is 35.4 Å². The summed E-state index contributed by atoms with van der Waals surface area (Å²) in [4.78, 5) is 40.0. The second-order valence-electron chi connectivity index (χ2n) is 7.88. The molecule has 5 nitrogen and oxygen atoms in total. The number of amides is 3. The number of nitrogens with zero attached hydrogens (tertiary/aromatic N) is 1. The zero-order valence-electron chi connectivity index (χ0n) is 16.9. The van der Waals surface area contributed by atoms with Gasteiger partial charge in [-0.2, -0.15) is 13.2 Å². The topological polar surface area (TPSA) is 66.5 Å². The quantitative estimate of drug-likeness (QED) is 0.486. The predicted molar refractivity (Wildman–Crippen MR) is 113 cm³/mol. The lowest BCUT2D eigenvalue weighted by Gasteiger charge is -2.19. The van der Waals surface area contributed by atoms with Crippen molar-refractivity contribution in [2.45, 2.75) is 25.9 Å². The van der Waals surface area contributed by atoms with E-state index >= 15 is 0 Å². The van der Waals surface area contributed by atoms with Gasteiger partial charge in [0.25, 0.3) is 5.91 Å². The van der Waals surface area contributed by atoms with E-state index in [0.29, 0.717) is 12.8 Å². The van der Waals surface area contributed by atoms with Crippen molar-refractivity contribution < 1.29 is 27.6 Å². The van der Waals surface area contributed by atoms with Gasteiger partial charge < -0.3 is 5.32 Å². The molecule has 1 aliphatic carbocycles. The maximum atomic E-state index is 13.0. The average molecular weight is 463 g/mol. The van der Waals surface area contributed by atoms with Crippen LogP contribution in [0.25, 0.3) is 0 Å². The van der Waals surface area contributed by atoms with Crippen LogP contribution < -0.4 is 10.2 Å². The Balaban J connectivity index is 1.66. The number of imide groups is 1. The molecule has 1 saturated heterocycles. The number of para-hydroxylation sites is 1. The standard InChI is InChI=1S/C23H18ClF3N2O3/c1-12-6-8-14-16(10-12)22(32)29(21(14)31)19-5-3-2-4-15(19)20(30)28-18-11-13(23(25,26)27)7-9-17(18)24/h2-7,9,11,14,16H,8,10H2,1H3,(H,28,30)/t14-,16-/m0/s1. The summed E-state index contributed by atoms with van der Waals surface area (Å²) in [5.74, 6) is -2.53. The molecule has 1 aliphatic heterocycles. The van der Waals surface area contributed by atoms with Gasteiger partial charge in [0, 0.05) is 0 Å². The monoisotopic (exact) mass is 462 g/mol. The summed E-state index contributed by atoms with van der Waals surface area (Å²) in [7, 11) is 0. The summed E-state index contributed by atoms with van der Waals surface area (Å²) in [6, 6.07) is 8.57. The Morgan fingerprint density at radius 2 is 1.78 bits per heavy atom. The summed E-state index contributed by atoms with van der Waals surface area (Å²) < 4.78 is 39.1. The Morgan fingerprint density at radius 3 is 2.50 bits per heavy atom. The zero-order chi connectivity index (χ0) is 23.2. The van der Waals surface area contributed by atoms with Crippen molar-refractivity contribution >= 4 is 40.7 Å². The van der Waals surface area contributed by atoms with E-state index in [1.54, 1.807) is 6.07 Å². The Hall–Kier alpha value is -3.13. The van der Waals surface area contributed by atoms with E-state index in [0.717, 1.165) is 28.7 Å². The minimum absolute atomic E-state index is 0.0222. The average Bonchev–Trinajstić information content (AvgIpc) is 2.98. The van der Waals surface area contributed by atoms with E-state index in [4.69, 9.17) is 11.6 Å². The van der Waals surface area contributed by atoms with Gasteiger partial charge in [0.15, 0.2) is 0 Å². The summed E-state index contributed by atoms with van der Waals surface area (Å²) in [6.07, 6.45) is -1.76. The molecule has 0 saturated carbocycles. The van der Waals surface area contributed by atoms with Gasteiger partial charge in [-0.3, -0.25) is 14.4 Å². The molecule has 1 fully saturated rings. The smallest absolute Gasteiger partial charge is 0.321 e. The highest BCUT2D eigenvalue weighted by Crippen LogP contribution is 2.41. The predicted octanol–water partition coefficient (Wildman–Crippen LogP) is 5.46. The first-order valence-electron chi connectivity index (χ1n) is 9.88. The third-order valence-electron chi connectivity index (χ3n) is 5.75. The van der Waals surface area contributed by atoms with E-state index in [9.17, 15) is 27.6 Å². The molecule has 1 heterocycles. The molecule has 0 unspecified atom stereocenters. The fraction of sp³-hybridized carbons (Fsp3) is 0.261. The molecule has 0 aromatic heterocycles. The molecule has 3 amide bonds. The number of alkyl halides is 3. The minimum atomic E-state index is -4.61. The number of fused-ring (bicyclic) bond motifs is 1. The molecule has 1 N–H and O–H groups in total. The van der Waals surface area contributed by atoms with Gasteiger partial charge in [0.05, 0.1) is 39.4 Å². The van der Waals surface area contributed by atoms with Crippen LogP contribution in [0.4, 0.5) is 24.5 Å². The van der Waals surface area contributed by atoms with Crippen molar-refractivity contribution in [1.82, 2.24) is 0 Å². The maximum absolute atomic E-state index is 13.0. The van der Waals surface area contributed by atoms with E-state index in [1.807, 2.05) is 13.0 Å². The van der Waals surface area contributed by atoms with Crippen molar-refractivity contribution in [2.75, 3.05) is 10.2 Å². The lowest BCUT2D eigenvalue weighted by molar-refractivity contribution is -0.137. The van der Waals surface area contributed by atoms with E-state index < -0.39 is 29.5 Å². The Morgan fingerprint density at radius 1 is 1.09 bits per heavy atom. The fourth-order valence-electron chi connectivity index (χ4n) is 4.12. The van der Waals surface area contributed by atoms with Crippen LogP contribution in [-0.2, 0) is 15.8 Å². The Labute approximate surface area is 186 Å². The molecule has 2 aromatic rings. The number of hydrogen-bond acceptors (Lipinski definition) is 3. The molecule has 0 bridgehead atoms. The second kappa shape index (κ2) is 8.09. The highest BCUT2D eigenvalue weighted by molar-refractivity contribution is 6.34. The number of allylic oxidation sites excluding steroid dienone is 2. The highest BCUT2D eigenvalue weighted by atomic mass is 35.5. The molecule has 2 atom stereocenters. The normalized spacial score (nSPS) is 20.8. The molecule has 2 aromatic carbocycles. The van der Waals surface area contributed by atoms with Gasteiger partial charge in [-0.25, -0.2) is 4.90 Å². The molecular weight excluding hydrogens is 445 g/mol. The first-order valence-corrected chi connectivity index (χ1v) is 10.3. The first-order chi connectivity index (χ1) is 15.1. The third-order valence-corrected chi connectivity index (χ3v) is 6.08. The Bertz CT molecular complexity index is 1160. The van der Waals surface area contributed by atoms with Gasteiger partial charge >= 0.3 is 6.18 Å². The van der Waals surface area contributed by atoms with Crippen LogP contribution in [0, 0.1) is 11.8 Å². The summed E-state index contributed by atoms with van der Waals surface area (Å²) in [5.41, 5.74) is -0.100. The fourth-order valence-corrected chi connectivity index (χ4v) is 4.29. The second-order valence-corrected chi connectivity index (χ2v) is 8.29. The minimum Gasteiger partial charge on any atom is -0.321 e. The van der Waals surface area contributed by atoms with Gasteiger partial charge in [0.2, 0.25) is 11.8 Å². The molecule has 0 spiro atoms. The van der Waals surface area contributed by atoms with E-state index in [-0.39, 0.29) is 33.8 Å². The van der Waals surface area contributed by atoms with Crippen LogP contribution in [0.15, 0.2) is 54.1 Å². The summed E-state index contributed by atoms with van der Waals surface area (Å²) >= 11 is 5.98. The van der Waals surface area contributed by atoms with Crippen LogP contribution in [0.3, 0.4) is 0 Å². The molecule has 166 valence electrons. The number of anilines is 2. The van der Waals surface area contributed by atoms with Gasteiger partial charge in [0.1, 0.15) is 0 Å². The number of carbonyl (C=O) groups is 3. The number of nitrogens with one attached hydrogen (secondary N) is 1. The maximum Gasteiger partial charge on any atom is 0.416 e. The SMILES string of the molecule is CC1=CC[C@@H]2C(=O)N(c3ccccc3C(=O)Nc3cc(C(F)(F)F)ccc3Cl)C(=O)[C@H]2C1. The van der Waals surface area contributed by atoms with Crippen LogP contribution in [-0.4, -0.2) is 17.7 Å². The van der Waals surface area contributed by atoms with Crippen LogP contribution >= 0.6 is 11.6 Å². The Kier molecular flexibility index (Phi) is 5.58. The number of carbonyl (C=O) groups excluding carboxylic acids is 3. The summed E-state index contributed by atoms with van der Waals surface area (Å²) in [6.45, 7) is 1.90. The van der Waals surface area contributed by atoms with Crippen molar-refractivity contribution in [3.63, 3.8) is 0 Å². The van der Waals surface area contributed by atoms with E-state index in [1.165, 1.54) is 18.2 Å². The number of benzene rings is 2. The van der Waals surface area contributed by atoms with Gasteiger partial charge in [-0.15, -0.1) is 0 Å². The van der Waals surface area contributed by atoms with Crippen molar-refractivity contribution in [2.24, 2.45) is 11.8 Å². The molecule has 9 heteroatoms. The third kappa shape index (κ3) is 3.90. The number of halogens is 4. The largest absolute Gasteiger partial charge is 0.416 e. The molecule has 4 rings (SSSR count). The van der Waals surface area contributed by atoms with Crippen LogP contribution in [0.1, 0.15) is 35.7 Å². The van der Waals surface area contributed by atoms with Gasteiger partial charge in [-0.05, 0) is 50.1 Å². The van der Waals surface area contributed by atoms with Crippen molar-refractivity contribution in [3.8, 4) is 0 Å². The van der Waals surface area contributed by atoms with Crippen LogP contribution in [0.5, 0.6) is 0 Å². The summed E-state index contributed by atoms with van der Waals surface area (Å²) in [5, 5.41) is 2.29. The van der Waals surface area contributed by atoms with Crippen molar-refractivity contribution in [1.29, 1.82) is 0 Å². The van der Waals surface area contributed by atoms with E-state index in [2.05, 4.69) is 5.32 Å². The molecule has 2 aliphatic rings. The molecule has 0 radical (unpaired) electrons. The highest BCUT2D eigenvalue weighted by Gasteiger charge is 2.49. The molecular formula is C23H18ClF3N2O3. The first kappa shape index (κ1) is 22.1. The zero-order valence-corrected chi connectivity index (χ0v) is 17.6. The lowest BCUT2D eigenvalue weighted by atomic mass is 9.82. The number of rotatable bonds is 3. The number of hydrogen-bond donors (Lipinski definition) is 1. The van der Waals surface area contributed by atoms with Crippen molar-refractivity contribution in [3.05, 3.63) is 70.3 Å².